The van der Waals surface area contributed by atoms with Crippen LogP contribution in [0.4, 0.5) is 11.4 Å². The first kappa shape index (κ1) is 12.8. The Morgan fingerprint density at radius 3 is 2.85 bits per heavy atom. The Hall–Kier alpha value is -2.20. The van der Waals surface area contributed by atoms with E-state index in [2.05, 4.69) is 10.6 Å². The van der Waals surface area contributed by atoms with Crippen molar-refractivity contribution in [1.29, 1.82) is 0 Å². The molecule has 0 unspecified atom stereocenters. The fourth-order valence-corrected chi connectivity index (χ4v) is 2.26. The van der Waals surface area contributed by atoms with E-state index in [4.69, 9.17) is 16.3 Å². The minimum atomic E-state index is -0.168. The predicted octanol–water partition coefficient (Wildman–Crippen LogP) is 3.28. The number of carbonyl (C=O) groups excluding carboxylic acids is 1. The quantitative estimate of drug-likeness (QED) is 0.911. The van der Waals surface area contributed by atoms with Crippen molar-refractivity contribution >= 4 is 28.9 Å². The molecule has 0 spiro atoms. The van der Waals surface area contributed by atoms with Gasteiger partial charge in [0.2, 0.25) is 0 Å². The molecule has 0 aliphatic carbocycles. The van der Waals surface area contributed by atoms with Crippen molar-refractivity contribution in [3.63, 3.8) is 0 Å². The first-order valence-electron chi connectivity index (χ1n) is 6.26. The number of nitrogens with one attached hydrogen (secondary N) is 2. The lowest BCUT2D eigenvalue weighted by molar-refractivity contribution is -0.118. The zero-order valence-corrected chi connectivity index (χ0v) is 11.4. The molecule has 0 bridgehead atoms. The second-order valence-electron chi connectivity index (χ2n) is 4.50. The molecule has 1 aliphatic rings. The van der Waals surface area contributed by atoms with E-state index in [0.717, 1.165) is 11.3 Å². The maximum atomic E-state index is 11.2. The normalized spacial score (nSPS) is 13.2. The van der Waals surface area contributed by atoms with Crippen LogP contribution in [0.5, 0.6) is 5.75 Å². The number of benzene rings is 2. The smallest absolute Gasteiger partial charge is 0.262 e. The average molecular weight is 289 g/mol. The van der Waals surface area contributed by atoms with Crippen LogP contribution in [-0.2, 0) is 11.3 Å². The Balaban J connectivity index is 1.79. The molecule has 1 heterocycles. The summed E-state index contributed by atoms with van der Waals surface area (Å²) in [6.07, 6.45) is 0. The second kappa shape index (κ2) is 5.43. The molecule has 4 nitrogen and oxygen atoms in total. The van der Waals surface area contributed by atoms with Crippen molar-refractivity contribution < 1.29 is 9.53 Å². The summed E-state index contributed by atoms with van der Waals surface area (Å²) in [5.74, 6) is 0.461. The molecular weight excluding hydrogens is 276 g/mol. The number of amides is 1. The maximum absolute atomic E-state index is 11.2. The van der Waals surface area contributed by atoms with Gasteiger partial charge < -0.3 is 15.4 Å². The molecule has 1 amide bonds. The van der Waals surface area contributed by atoms with Crippen molar-refractivity contribution in [3.8, 4) is 5.75 Å². The molecule has 0 radical (unpaired) electrons. The number of halogens is 1. The summed E-state index contributed by atoms with van der Waals surface area (Å²) in [7, 11) is 0. The summed E-state index contributed by atoms with van der Waals surface area (Å²) in [5, 5.41) is 6.54. The highest BCUT2D eigenvalue weighted by molar-refractivity contribution is 6.33. The number of ether oxygens (including phenoxy) is 1. The Morgan fingerprint density at radius 2 is 2.05 bits per heavy atom. The summed E-state index contributed by atoms with van der Waals surface area (Å²) in [6.45, 7) is 0.707. The molecule has 0 aromatic heterocycles. The van der Waals surface area contributed by atoms with Crippen molar-refractivity contribution in [2.75, 3.05) is 17.2 Å². The zero-order chi connectivity index (χ0) is 13.9. The number of hydrogen-bond donors (Lipinski definition) is 2. The van der Waals surface area contributed by atoms with Crippen LogP contribution in [0.3, 0.4) is 0 Å². The lowest BCUT2D eigenvalue weighted by atomic mass is 10.2. The molecule has 2 aromatic rings. The summed E-state index contributed by atoms with van der Waals surface area (Å²) < 4.78 is 5.37. The molecule has 20 heavy (non-hydrogen) atoms. The van der Waals surface area contributed by atoms with Gasteiger partial charge in [-0.1, -0.05) is 41.9 Å². The second-order valence-corrected chi connectivity index (χ2v) is 4.91. The standard InChI is InChI=1S/C15H13ClN2O2/c16-11-6-13-14(20-9-15(19)18-13)7-12(11)17-8-10-4-2-1-3-5-10/h1-7,17H,8-9H2,(H,18,19). The molecule has 0 saturated heterocycles. The van der Waals surface area contributed by atoms with E-state index in [9.17, 15) is 4.79 Å². The maximum Gasteiger partial charge on any atom is 0.262 e. The Kier molecular flexibility index (Phi) is 3.48. The van der Waals surface area contributed by atoms with E-state index in [1.807, 2.05) is 30.3 Å². The summed E-state index contributed by atoms with van der Waals surface area (Å²) >= 11 is 6.21. The molecule has 1 aliphatic heterocycles. The van der Waals surface area contributed by atoms with Gasteiger partial charge in [-0.3, -0.25) is 4.79 Å². The third kappa shape index (κ3) is 2.70. The highest BCUT2D eigenvalue weighted by atomic mass is 35.5. The van der Waals surface area contributed by atoms with Crippen LogP contribution in [0, 0.1) is 0 Å². The van der Waals surface area contributed by atoms with Crippen LogP contribution in [-0.4, -0.2) is 12.5 Å². The highest BCUT2D eigenvalue weighted by Crippen LogP contribution is 2.36. The van der Waals surface area contributed by atoms with Crippen LogP contribution >= 0.6 is 11.6 Å². The highest BCUT2D eigenvalue weighted by Gasteiger charge is 2.18. The van der Waals surface area contributed by atoms with Gasteiger partial charge in [0.15, 0.2) is 6.61 Å². The molecule has 0 fully saturated rings. The van der Waals surface area contributed by atoms with Gasteiger partial charge in [0, 0.05) is 12.6 Å². The number of fused-ring (bicyclic) bond motifs is 1. The van der Waals surface area contributed by atoms with Crippen LogP contribution in [0.1, 0.15) is 5.56 Å². The largest absolute Gasteiger partial charge is 0.482 e. The Labute approximate surface area is 121 Å². The van der Waals surface area contributed by atoms with E-state index in [1.54, 1.807) is 12.1 Å². The first-order chi connectivity index (χ1) is 9.72. The van der Waals surface area contributed by atoms with Gasteiger partial charge in [0.1, 0.15) is 5.75 Å². The molecule has 2 aromatic carbocycles. The molecule has 5 heteroatoms. The average Bonchev–Trinajstić information content (AvgIpc) is 2.46. The van der Waals surface area contributed by atoms with Crippen LogP contribution in [0.25, 0.3) is 0 Å². The van der Waals surface area contributed by atoms with Gasteiger partial charge in [-0.05, 0) is 11.6 Å². The third-order valence-corrected chi connectivity index (χ3v) is 3.34. The topological polar surface area (TPSA) is 50.4 Å². The van der Waals surface area contributed by atoms with Gasteiger partial charge in [0.25, 0.3) is 5.91 Å². The minimum Gasteiger partial charge on any atom is -0.482 e. The van der Waals surface area contributed by atoms with Crippen LogP contribution in [0.2, 0.25) is 5.02 Å². The van der Waals surface area contributed by atoms with E-state index >= 15 is 0 Å². The van der Waals surface area contributed by atoms with Crippen LogP contribution in [0.15, 0.2) is 42.5 Å². The van der Waals surface area contributed by atoms with E-state index < -0.39 is 0 Å². The number of hydrogen-bond acceptors (Lipinski definition) is 3. The van der Waals surface area contributed by atoms with Crippen molar-refractivity contribution in [2.45, 2.75) is 6.54 Å². The van der Waals surface area contributed by atoms with Crippen molar-refractivity contribution in [1.82, 2.24) is 0 Å². The lowest BCUT2D eigenvalue weighted by Gasteiger charge is -2.20. The predicted molar refractivity (Wildman–Crippen MR) is 79.3 cm³/mol. The molecule has 0 saturated carbocycles. The number of carbonyl (C=O) groups is 1. The van der Waals surface area contributed by atoms with Gasteiger partial charge in [-0.25, -0.2) is 0 Å². The zero-order valence-electron chi connectivity index (χ0n) is 10.7. The Bertz CT molecular complexity index is 644. The third-order valence-electron chi connectivity index (χ3n) is 3.03. The Morgan fingerprint density at radius 1 is 1.25 bits per heavy atom. The van der Waals surface area contributed by atoms with Gasteiger partial charge in [-0.2, -0.15) is 0 Å². The fraction of sp³-hybridized carbons (Fsp3) is 0.133. The number of anilines is 2. The SMILES string of the molecule is O=C1COc2cc(NCc3ccccc3)c(Cl)cc2N1. The van der Waals surface area contributed by atoms with Gasteiger partial charge in [-0.15, -0.1) is 0 Å². The van der Waals surface area contributed by atoms with Crippen molar-refractivity contribution in [3.05, 3.63) is 53.1 Å². The number of rotatable bonds is 3. The van der Waals surface area contributed by atoms with E-state index in [1.165, 1.54) is 0 Å². The minimum absolute atomic E-state index is 0.0345. The summed E-state index contributed by atoms with van der Waals surface area (Å²) in [5.41, 5.74) is 2.55. The summed E-state index contributed by atoms with van der Waals surface area (Å²) in [4.78, 5) is 11.2. The molecule has 3 rings (SSSR count). The molecule has 102 valence electrons. The molecule has 2 N–H and O–H groups in total. The summed E-state index contributed by atoms with van der Waals surface area (Å²) in [6, 6.07) is 13.5. The van der Waals surface area contributed by atoms with Crippen LogP contribution < -0.4 is 15.4 Å². The molecule has 0 atom stereocenters. The van der Waals surface area contributed by atoms with Gasteiger partial charge >= 0.3 is 0 Å². The van der Waals surface area contributed by atoms with E-state index in [-0.39, 0.29) is 12.5 Å². The van der Waals surface area contributed by atoms with Crippen molar-refractivity contribution in [2.24, 2.45) is 0 Å². The lowest BCUT2D eigenvalue weighted by Crippen LogP contribution is -2.25. The van der Waals surface area contributed by atoms with Gasteiger partial charge in [0.05, 0.1) is 16.4 Å². The monoisotopic (exact) mass is 288 g/mol. The van der Waals surface area contributed by atoms with E-state index in [0.29, 0.717) is 23.0 Å². The molecular formula is C15H13ClN2O2. The fourth-order valence-electron chi connectivity index (χ4n) is 2.03. The first-order valence-corrected chi connectivity index (χ1v) is 6.64.